The van der Waals surface area contributed by atoms with E-state index in [1.807, 2.05) is 78.9 Å². The maximum atomic E-state index is 5.85. The van der Waals surface area contributed by atoms with Gasteiger partial charge in [0.05, 0.1) is 13.2 Å². The van der Waals surface area contributed by atoms with Gasteiger partial charge >= 0.3 is 0 Å². The van der Waals surface area contributed by atoms with Crippen molar-refractivity contribution in [2.24, 2.45) is 0 Å². The fourth-order valence-corrected chi connectivity index (χ4v) is 2.70. The second-order valence-corrected chi connectivity index (χ2v) is 5.94. The highest BCUT2D eigenvalue weighted by atomic mass is 16.5. The Morgan fingerprint density at radius 1 is 0.808 bits per heavy atom. The first-order valence-corrected chi connectivity index (χ1v) is 8.61. The van der Waals surface area contributed by atoms with Gasteiger partial charge in [-0.2, -0.15) is 0 Å². The van der Waals surface area contributed by atoms with Gasteiger partial charge in [0.1, 0.15) is 17.0 Å². The van der Waals surface area contributed by atoms with Crippen LogP contribution in [0.2, 0.25) is 0 Å². The number of oxazole rings is 1. The van der Waals surface area contributed by atoms with Crippen LogP contribution >= 0.6 is 0 Å². The summed E-state index contributed by atoms with van der Waals surface area (Å²) in [6, 6.07) is 25.4. The number of fused-ring (bicyclic) bond motifs is 1. The van der Waals surface area contributed by atoms with Crippen molar-refractivity contribution in [2.75, 3.05) is 6.61 Å². The van der Waals surface area contributed by atoms with Crippen LogP contribution < -0.4 is 4.74 Å². The summed E-state index contributed by atoms with van der Waals surface area (Å²) in [4.78, 5) is 4.45. The fraction of sp³-hybridized carbons (Fsp3) is 0.136. The molecule has 0 spiro atoms. The van der Waals surface area contributed by atoms with Crippen molar-refractivity contribution >= 4 is 11.1 Å². The van der Waals surface area contributed by atoms with Crippen LogP contribution in [0.15, 0.2) is 83.3 Å². The molecule has 3 aromatic carbocycles. The first kappa shape index (κ1) is 16.4. The summed E-state index contributed by atoms with van der Waals surface area (Å²) >= 11 is 0. The highest BCUT2D eigenvalue weighted by Crippen LogP contribution is 2.22. The first-order chi connectivity index (χ1) is 12.9. The van der Waals surface area contributed by atoms with Gasteiger partial charge in [-0.3, -0.25) is 0 Å². The Morgan fingerprint density at radius 3 is 2.50 bits per heavy atom. The molecule has 0 fully saturated rings. The molecular weight excluding hydrogens is 326 g/mol. The minimum Gasteiger partial charge on any atom is -0.457 e. The molecule has 26 heavy (non-hydrogen) atoms. The molecule has 0 radical (unpaired) electrons. The Bertz CT molecular complexity index is 946. The lowest BCUT2D eigenvalue weighted by molar-refractivity contribution is 0.120. The van der Waals surface area contributed by atoms with Crippen molar-refractivity contribution in [3.63, 3.8) is 0 Å². The lowest BCUT2D eigenvalue weighted by Crippen LogP contribution is -1.99. The molecule has 130 valence electrons. The zero-order valence-corrected chi connectivity index (χ0v) is 14.3. The standard InChI is InChI=1S/C22H19NO3/c1-2-8-18(9-3-1)25-19-10-6-7-17(15-19)16-24-14-13-22-23-20-11-4-5-12-21(20)26-22/h1-12,15H,13-14,16H2. The number of ether oxygens (including phenoxy) is 2. The third-order valence-electron chi connectivity index (χ3n) is 3.94. The van der Waals surface area contributed by atoms with Gasteiger partial charge < -0.3 is 13.9 Å². The summed E-state index contributed by atoms with van der Waals surface area (Å²) in [5.74, 6) is 2.32. The van der Waals surface area contributed by atoms with Gasteiger partial charge in [0.15, 0.2) is 11.5 Å². The molecular formula is C22H19NO3. The highest BCUT2D eigenvalue weighted by Gasteiger charge is 2.05. The highest BCUT2D eigenvalue weighted by molar-refractivity contribution is 5.72. The average molecular weight is 345 g/mol. The largest absolute Gasteiger partial charge is 0.457 e. The average Bonchev–Trinajstić information content (AvgIpc) is 3.09. The van der Waals surface area contributed by atoms with E-state index in [2.05, 4.69) is 4.98 Å². The van der Waals surface area contributed by atoms with Crippen LogP contribution in [-0.4, -0.2) is 11.6 Å². The van der Waals surface area contributed by atoms with Crippen molar-refractivity contribution in [3.05, 3.63) is 90.3 Å². The van der Waals surface area contributed by atoms with E-state index < -0.39 is 0 Å². The van der Waals surface area contributed by atoms with Gasteiger partial charge in [-0.05, 0) is 42.0 Å². The van der Waals surface area contributed by atoms with Crippen LogP contribution in [0.3, 0.4) is 0 Å². The number of nitrogens with zero attached hydrogens (tertiary/aromatic N) is 1. The Morgan fingerprint density at radius 2 is 1.62 bits per heavy atom. The van der Waals surface area contributed by atoms with Gasteiger partial charge in [-0.15, -0.1) is 0 Å². The summed E-state index contributed by atoms with van der Waals surface area (Å²) in [7, 11) is 0. The summed E-state index contributed by atoms with van der Waals surface area (Å²) in [5.41, 5.74) is 2.76. The quantitative estimate of drug-likeness (QED) is 0.422. The van der Waals surface area contributed by atoms with Crippen LogP contribution in [0.25, 0.3) is 11.1 Å². The Labute approximate surface area is 152 Å². The molecule has 0 saturated heterocycles. The monoisotopic (exact) mass is 345 g/mol. The van der Waals surface area contributed by atoms with Crippen molar-refractivity contribution in [1.29, 1.82) is 0 Å². The van der Waals surface area contributed by atoms with E-state index in [-0.39, 0.29) is 0 Å². The van der Waals surface area contributed by atoms with E-state index in [1.165, 1.54) is 0 Å². The fourth-order valence-electron chi connectivity index (χ4n) is 2.70. The van der Waals surface area contributed by atoms with Crippen LogP contribution in [0.4, 0.5) is 0 Å². The molecule has 0 aliphatic heterocycles. The zero-order valence-electron chi connectivity index (χ0n) is 14.3. The molecule has 0 aliphatic carbocycles. The van der Waals surface area contributed by atoms with Crippen LogP contribution in [0.1, 0.15) is 11.5 Å². The van der Waals surface area contributed by atoms with Gasteiger partial charge in [0.25, 0.3) is 0 Å². The Kier molecular flexibility index (Phi) is 4.94. The molecule has 4 nitrogen and oxygen atoms in total. The number of aromatic nitrogens is 1. The van der Waals surface area contributed by atoms with Crippen LogP contribution in [0.5, 0.6) is 11.5 Å². The zero-order chi connectivity index (χ0) is 17.6. The topological polar surface area (TPSA) is 44.5 Å². The van der Waals surface area contributed by atoms with E-state index in [4.69, 9.17) is 13.9 Å². The van der Waals surface area contributed by atoms with Crippen LogP contribution in [0, 0.1) is 0 Å². The number of benzene rings is 3. The number of para-hydroxylation sites is 3. The van der Waals surface area contributed by atoms with Gasteiger partial charge in [-0.1, -0.05) is 42.5 Å². The van der Waals surface area contributed by atoms with E-state index in [0.29, 0.717) is 25.5 Å². The molecule has 1 aromatic heterocycles. The summed E-state index contributed by atoms with van der Waals surface area (Å²) in [6.07, 6.45) is 0.648. The number of rotatable bonds is 7. The van der Waals surface area contributed by atoms with E-state index >= 15 is 0 Å². The maximum absolute atomic E-state index is 5.85. The van der Waals surface area contributed by atoms with Crippen molar-refractivity contribution in [1.82, 2.24) is 4.98 Å². The summed E-state index contributed by atoms with van der Waals surface area (Å²) < 4.78 is 17.3. The molecule has 0 aliphatic rings. The lowest BCUT2D eigenvalue weighted by Gasteiger charge is -2.08. The third kappa shape index (κ3) is 4.10. The second-order valence-electron chi connectivity index (χ2n) is 5.94. The van der Waals surface area contributed by atoms with E-state index in [1.54, 1.807) is 0 Å². The maximum Gasteiger partial charge on any atom is 0.197 e. The lowest BCUT2D eigenvalue weighted by atomic mass is 10.2. The molecule has 0 N–H and O–H groups in total. The summed E-state index contributed by atoms with van der Waals surface area (Å²) in [6.45, 7) is 1.07. The second kappa shape index (κ2) is 7.85. The normalized spacial score (nSPS) is 10.9. The Balaban J connectivity index is 1.30. The first-order valence-electron chi connectivity index (χ1n) is 8.61. The molecule has 0 saturated carbocycles. The molecule has 0 amide bonds. The molecule has 4 rings (SSSR count). The predicted octanol–water partition coefficient (Wildman–Crippen LogP) is 5.38. The number of hydrogen-bond acceptors (Lipinski definition) is 4. The summed E-state index contributed by atoms with van der Waals surface area (Å²) in [5, 5.41) is 0. The van der Waals surface area contributed by atoms with Gasteiger partial charge in [-0.25, -0.2) is 4.98 Å². The SMILES string of the molecule is c1ccc(Oc2cccc(COCCc3nc4ccccc4o3)c2)cc1. The molecule has 1 heterocycles. The molecule has 0 bridgehead atoms. The van der Waals surface area contributed by atoms with Crippen molar-refractivity contribution in [2.45, 2.75) is 13.0 Å². The van der Waals surface area contributed by atoms with Crippen molar-refractivity contribution < 1.29 is 13.9 Å². The minimum atomic E-state index is 0.520. The van der Waals surface area contributed by atoms with Gasteiger partial charge in [0.2, 0.25) is 0 Å². The van der Waals surface area contributed by atoms with Crippen LogP contribution in [-0.2, 0) is 17.8 Å². The molecule has 0 unspecified atom stereocenters. The third-order valence-corrected chi connectivity index (χ3v) is 3.94. The minimum absolute atomic E-state index is 0.520. The molecule has 4 heteroatoms. The van der Waals surface area contributed by atoms with E-state index in [9.17, 15) is 0 Å². The smallest absolute Gasteiger partial charge is 0.197 e. The van der Waals surface area contributed by atoms with E-state index in [0.717, 1.165) is 28.2 Å². The number of hydrogen-bond donors (Lipinski definition) is 0. The van der Waals surface area contributed by atoms with Crippen molar-refractivity contribution in [3.8, 4) is 11.5 Å². The molecule has 4 aromatic rings. The Hall–Kier alpha value is -3.11. The predicted molar refractivity (Wildman–Crippen MR) is 100 cm³/mol. The van der Waals surface area contributed by atoms with Gasteiger partial charge in [0, 0.05) is 6.42 Å². The molecule has 0 atom stereocenters.